The molecule has 6 nitrogen and oxygen atoms in total. The number of anilines is 1. The number of hydrogen-bond donors (Lipinski definition) is 1. The zero-order valence-corrected chi connectivity index (χ0v) is 11.8. The quantitative estimate of drug-likeness (QED) is 0.631. The number of esters is 1. The van der Waals surface area contributed by atoms with Gasteiger partial charge in [0.05, 0.1) is 25.9 Å². The molecule has 19 heavy (non-hydrogen) atoms. The van der Waals surface area contributed by atoms with Crippen molar-refractivity contribution in [1.29, 1.82) is 0 Å². The zero-order chi connectivity index (χ0) is 14.4. The monoisotopic (exact) mass is 328 g/mol. The molecule has 0 aliphatic rings. The number of aliphatic carboxylic acids is 1. The van der Waals surface area contributed by atoms with Gasteiger partial charge in [-0.3, -0.25) is 0 Å². The van der Waals surface area contributed by atoms with Crippen LogP contribution in [0.2, 0.25) is 0 Å². The highest BCUT2D eigenvalue weighted by Gasteiger charge is 2.12. The molecule has 7 heteroatoms. The standard InChI is InChI=1S/C12H12BrNO5/c1-18-10-5-7(13)3-4-8(10)14-9(6-11(15)16)12(17)19-2/h3-6,14H,1-2H3,(H,15,16)/p-1. The van der Waals surface area contributed by atoms with Crippen LogP contribution in [0.15, 0.2) is 34.4 Å². The molecule has 1 aromatic carbocycles. The molecule has 0 saturated carbocycles. The van der Waals surface area contributed by atoms with E-state index in [9.17, 15) is 14.7 Å². The Morgan fingerprint density at radius 2 is 2.05 bits per heavy atom. The molecular weight excluding hydrogens is 318 g/mol. The summed E-state index contributed by atoms with van der Waals surface area (Å²) in [4.78, 5) is 22.0. The number of carboxylic acid groups (broad SMARTS) is 1. The van der Waals surface area contributed by atoms with Gasteiger partial charge in [-0.1, -0.05) is 15.9 Å². The Hall–Kier alpha value is -2.02. The van der Waals surface area contributed by atoms with Crippen molar-refractivity contribution in [3.63, 3.8) is 0 Å². The average Bonchev–Trinajstić information content (AvgIpc) is 2.38. The molecular formula is C12H11BrNO5-. The number of halogens is 1. The lowest BCUT2D eigenvalue weighted by Gasteiger charge is -2.13. The molecule has 0 unspecified atom stereocenters. The van der Waals surface area contributed by atoms with E-state index in [-0.39, 0.29) is 5.70 Å². The minimum absolute atomic E-state index is 0.261. The Balaban J connectivity index is 3.10. The van der Waals surface area contributed by atoms with E-state index >= 15 is 0 Å². The van der Waals surface area contributed by atoms with E-state index in [1.807, 2.05) is 0 Å². The fourth-order valence-corrected chi connectivity index (χ4v) is 1.63. The summed E-state index contributed by atoms with van der Waals surface area (Å²) < 4.78 is 10.4. The van der Waals surface area contributed by atoms with Gasteiger partial charge in [0.15, 0.2) is 0 Å². The lowest BCUT2D eigenvalue weighted by Crippen LogP contribution is -2.23. The van der Waals surface area contributed by atoms with E-state index in [0.29, 0.717) is 17.5 Å². The number of carbonyl (C=O) groups is 2. The number of nitrogens with one attached hydrogen (secondary N) is 1. The van der Waals surface area contributed by atoms with Crippen molar-refractivity contribution in [1.82, 2.24) is 0 Å². The summed E-state index contributed by atoms with van der Waals surface area (Å²) in [6.07, 6.45) is 0.618. The van der Waals surface area contributed by atoms with Crippen LogP contribution < -0.4 is 15.2 Å². The van der Waals surface area contributed by atoms with Gasteiger partial charge in [0, 0.05) is 4.47 Å². The molecule has 0 saturated heterocycles. The number of ether oxygens (including phenoxy) is 2. The molecule has 0 atom stereocenters. The van der Waals surface area contributed by atoms with Crippen LogP contribution >= 0.6 is 15.9 Å². The Kier molecular flexibility index (Phi) is 5.37. The van der Waals surface area contributed by atoms with E-state index in [4.69, 9.17) is 4.74 Å². The van der Waals surface area contributed by atoms with Crippen molar-refractivity contribution in [2.75, 3.05) is 19.5 Å². The summed E-state index contributed by atoms with van der Waals surface area (Å²) in [5.41, 5.74) is 0.159. The fourth-order valence-electron chi connectivity index (χ4n) is 1.29. The Morgan fingerprint density at radius 3 is 2.58 bits per heavy atom. The first-order chi connectivity index (χ1) is 8.97. The highest BCUT2D eigenvalue weighted by molar-refractivity contribution is 9.10. The fraction of sp³-hybridized carbons (Fsp3) is 0.167. The lowest BCUT2D eigenvalue weighted by molar-refractivity contribution is -0.297. The van der Waals surface area contributed by atoms with Gasteiger partial charge < -0.3 is 24.7 Å². The third kappa shape index (κ3) is 4.29. The van der Waals surface area contributed by atoms with E-state index in [2.05, 4.69) is 26.0 Å². The normalized spacial score (nSPS) is 10.8. The first-order valence-corrected chi connectivity index (χ1v) is 5.88. The highest BCUT2D eigenvalue weighted by atomic mass is 79.9. The minimum Gasteiger partial charge on any atom is -0.545 e. The lowest BCUT2D eigenvalue weighted by atomic mass is 10.2. The molecule has 1 N–H and O–H groups in total. The van der Waals surface area contributed by atoms with E-state index in [0.717, 1.165) is 11.6 Å². The Bertz CT molecular complexity index is 527. The van der Waals surface area contributed by atoms with Crippen molar-refractivity contribution >= 4 is 33.6 Å². The van der Waals surface area contributed by atoms with Crippen molar-refractivity contribution in [3.05, 3.63) is 34.4 Å². The first kappa shape index (κ1) is 15.0. The molecule has 0 aliphatic carbocycles. The summed E-state index contributed by atoms with van der Waals surface area (Å²) in [7, 11) is 2.60. The number of benzene rings is 1. The van der Waals surface area contributed by atoms with Gasteiger partial charge >= 0.3 is 5.97 Å². The molecule has 0 spiro atoms. The summed E-state index contributed by atoms with van der Waals surface area (Å²) in [5, 5.41) is 13.2. The molecule has 0 heterocycles. The van der Waals surface area contributed by atoms with Gasteiger partial charge in [-0.15, -0.1) is 0 Å². The molecule has 0 fully saturated rings. The van der Waals surface area contributed by atoms with Gasteiger partial charge in [0.2, 0.25) is 0 Å². The van der Waals surface area contributed by atoms with Gasteiger partial charge in [0.25, 0.3) is 0 Å². The van der Waals surface area contributed by atoms with E-state index in [1.165, 1.54) is 7.11 Å². The molecule has 1 rings (SSSR count). The van der Waals surface area contributed by atoms with Crippen LogP contribution in [0.1, 0.15) is 0 Å². The van der Waals surface area contributed by atoms with E-state index in [1.54, 1.807) is 18.2 Å². The van der Waals surface area contributed by atoms with Crippen LogP contribution in [0.3, 0.4) is 0 Å². The molecule has 1 aromatic rings. The second-order valence-electron chi connectivity index (χ2n) is 3.34. The highest BCUT2D eigenvalue weighted by Crippen LogP contribution is 2.29. The van der Waals surface area contributed by atoms with Crippen LogP contribution in [0.5, 0.6) is 5.75 Å². The minimum atomic E-state index is -1.51. The van der Waals surface area contributed by atoms with Crippen molar-refractivity contribution in [2.24, 2.45) is 0 Å². The van der Waals surface area contributed by atoms with Gasteiger partial charge in [0.1, 0.15) is 11.4 Å². The largest absolute Gasteiger partial charge is 0.545 e. The van der Waals surface area contributed by atoms with Gasteiger partial charge in [-0.25, -0.2) is 4.79 Å². The van der Waals surface area contributed by atoms with Crippen molar-refractivity contribution < 1.29 is 24.2 Å². The topological polar surface area (TPSA) is 87.7 Å². The number of carbonyl (C=O) groups excluding carboxylic acids is 2. The predicted octanol–water partition coefficient (Wildman–Crippen LogP) is 0.676. The van der Waals surface area contributed by atoms with Crippen LogP contribution in [0, 0.1) is 0 Å². The molecule has 0 radical (unpaired) electrons. The number of carboxylic acids is 1. The molecule has 102 valence electrons. The zero-order valence-electron chi connectivity index (χ0n) is 10.2. The maximum atomic E-state index is 11.4. The number of methoxy groups -OCH3 is 2. The molecule has 0 aromatic heterocycles. The SMILES string of the molecule is COC(=O)C(=CC(=O)[O-])Nc1ccc(Br)cc1OC. The molecule has 0 aliphatic heterocycles. The average molecular weight is 329 g/mol. The van der Waals surface area contributed by atoms with Crippen LogP contribution in [0.4, 0.5) is 5.69 Å². The van der Waals surface area contributed by atoms with Crippen LogP contribution in [0.25, 0.3) is 0 Å². The third-order valence-electron chi connectivity index (χ3n) is 2.10. The maximum absolute atomic E-state index is 11.4. The number of hydrogen-bond acceptors (Lipinski definition) is 6. The van der Waals surface area contributed by atoms with Gasteiger partial charge in [-0.05, 0) is 24.3 Å². The predicted molar refractivity (Wildman–Crippen MR) is 69.4 cm³/mol. The Labute approximate surface area is 118 Å². The van der Waals surface area contributed by atoms with Gasteiger partial charge in [-0.2, -0.15) is 0 Å². The summed E-state index contributed by atoms with van der Waals surface area (Å²) in [6, 6.07) is 4.99. The van der Waals surface area contributed by atoms with Crippen molar-refractivity contribution in [2.45, 2.75) is 0 Å². The smallest absolute Gasteiger partial charge is 0.354 e. The summed E-state index contributed by atoms with van der Waals surface area (Å²) in [5.74, 6) is -1.90. The molecule has 0 bridgehead atoms. The third-order valence-corrected chi connectivity index (χ3v) is 2.59. The van der Waals surface area contributed by atoms with Crippen molar-refractivity contribution in [3.8, 4) is 5.75 Å². The second-order valence-corrected chi connectivity index (χ2v) is 4.25. The maximum Gasteiger partial charge on any atom is 0.354 e. The number of rotatable bonds is 5. The first-order valence-electron chi connectivity index (χ1n) is 5.09. The molecule has 0 amide bonds. The summed E-state index contributed by atoms with van der Waals surface area (Å²) in [6.45, 7) is 0. The van der Waals surface area contributed by atoms with Crippen LogP contribution in [-0.2, 0) is 14.3 Å². The van der Waals surface area contributed by atoms with E-state index < -0.39 is 11.9 Å². The summed E-state index contributed by atoms with van der Waals surface area (Å²) >= 11 is 3.27. The second kappa shape index (κ2) is 6.79. The van der Waals surface area contributed by atoms with Crippen LogP contribution in [-0.4, -0.2) is 26.2 Å². The Morgan fingerprint density at radius 1 is 1.37 bits per heavy atom.